The van der Waals surface area contributed by atoms with Crippen LogP contribution in [0.25, 0.3) is 0 Å². The lowest BCUT2D eigenvalue weighted by molar-refractivity contribution is -0.132. The summed E-state index contributed by atoms with van der Waals surface area (Å²) in [6.45, 7) is 3.53. The molecule has 7 heteroatoms. The molecule has 1 aliphatic heterocycles. The van der Waals surface area contributed by atoms with E-state index in [0.717, 1.165) is 37.5 Å². The van der Waals surface area contributed by atoms with Crippen LogP contribution in [-0.4, -0.2) is 53.7 Å². The number of benzene rings is 1. The van der Waals surface area contributed by atoms with Crippen LogP contribution in [0.1, 0.15) is 18.4 Å². The van der Waals surface area contributed by atoms with E-state index in [0.29, 0.717) is 13.2 Å². The Balaban J connectivity index is 1.68. The smallest absolute Gasteiger partial charge is 0.246 e. The Labute approximate surface area is 159 Å². The summed E-state index contributed by atoms with van der Waals surface area (Å²) in [4.78, 5) is 19.5. The van der Waals surface area contributed by atoms with E-state index in [2.05, 4.69) is 21.3 Å². The fraction of sp³-hybridized carbons (Fsp3) is 0.474. The van der Waals surface area contributed by atoms with E-state index in [1.807, 2.05) is 29.0 Å². The average Bonchev–Trinajstić information content (AvgIpc) is 3.18. The van der Waals surface area contributed by atoms with Crippen molar-refractivity contribution >= 4 is 17.5 Å². The first kappa shape index (κ1) is 18.9. The van der Waals surface area contributed by atoms with Gasteiger partial charge in [0.25, 0.3) is 0 Å². The number of likely N-dealkylation sites (tertiary alicyclic amines) is 1. The van der Waals surface area contributed by atoms with Crippen molar-refractivity contribution in [1.29, 1.82) is 0 Å². The SMILES string of the molecule is COCCNC(=O)C1(n2ccnc2)CCN(Cc2cccc(Cl)c2)CC1. The van der Waals surface area contributed by atoms with Gasteiger partial charge in [-0.2, -0.15) is 0 Å². The second kappa shape index (κ2) is 8.66. The quantitative estimate of drug-likeness (QED) is 0.753. The Bertz CT molecular complexity index is 712. The van der Waals surface area contributed by atoms with Crippen LogP contribution in [0.5, 0.6) is 0 Å². The topological polar surface area (TPSA) is 59.4 Å². The lowest BCUT2D eigenvalue weighted by Gasteiger charge is -2.41. The number of nitrogens with zero attached hydrogens (tertiary/aromatic N) is 3. The molecule has 0 radical (unpaired) electrons. The van der Waals surface area contributed by atoms with Gasteiger partial charge in [-0.05, 0) is 30.5 Å². The average molecular weight is 377 g/mol. The molecule has 0 spiro atoms. The van der Waals surface area contributed by atoms with Crippen LogP contribution >= 0.6 is 11.6 Å². The molecular weight excluding hydrogens is 352 g/mol. The molecule has 140 valence electrons. The van der Waals surface area contributed by atoms with E-state index >= 15 is 0 Å². The second-order valence-corrected chi connectivity index (χ2v) is 7.09. The van der Waals surface area contributed by atoms with Crippen LogP contribution in [0.2, 0.25) is 5.02 Å². The predicted molar refractivity (Wildman–Crippen MR) is 101 cm³/mol. The monoisotopic (exact) mass is 376 g/mol. The van der Waals surface area contributed by atoms with Gasteiger partial charge in [-0.3, -0.25) is 9.69 Å². The number of carbonyl (C=O) groups is 1. The molecule has 26 heavy (non-hydrogen) atoms. The number of rotatable bonds is 7. The molecule has 1 aromatic heterocycles. The third-order valence-corrected chi connectivity index (χ3v) is 5.23. The highest BCUT2D eigenvalue weighted by Crippen LogP contribution is 2.31. The van der Waals surface area contributed by atoms with Crippen LogP contribution in [-0.2, 0) is 21.6 Å². The Morgan fingerprint density at radius 2 is 2.19 bits per heavy atom. The first-order valence-corrected chi connectivity index (χ1v) is 9.24. The number of piperidine rings is 1. The zero-order chi connectivity index (χ0) is 18.4. The van der Waals surface area contributed by atoms with Gasteiger partial charge in [-0.1, -0.05) is 23.7 Å². The van der Waals surface area contributed by atoms with E-state index in [1.54, 1.807) is 19.6 Å². The summed E-state index contributed by atoms with van der Waals surface area (Å²) in [7, 11) is 1.63. The molecule has 0 unspecified atom stereocenters. The number of amides is 1. The van der Waals surface area contributed by atoms with Crippen molar-refractivity contribution in [3.63, 3.8) is 0 Å². The summed E-state index contributed by atoms with van der Waals surface area (Å²) in [5, 5.41) is 3.76. The standard InChI is InChI=1S/C19H25ClN4O2/c1-26-12-8-22-18(25)19(24-11-7-21-15-24)5-9-23(10-6-19)14-16-3-2-4-17(20)13-16/h2-4,7,11,13,15H,5-6,8-10,12,14H2,1H3,(H,22,25). The fourth-order valence-electron chi connectivity index (χ4n) is 3.52. The van der Waals surface area contributed by atoms with Gasteiger partial charge in [-0.25, -0.2) is 4.98 Å². The summed E-state index contributed by atoms with van der Waals surface area (Å²) >= 11 is 6.09. The third-order valence-electron chi connectivity index (χ3n) is 4.99. The normalized spacial score (nSPS) is 17.2. The molecule has 0 bridgehead atoms. The van der Waals surface area contributed by atoms with Gasteiger partial charge >= 0.3 is 0 Å². The van der Waals surface area contributed by atoms with E-state index in [4.69, 9.17) is 16.3 Å². The number of imidazole rings is 1. The van der Waals surface area contributed by atoms with Crippen molar-refractivity contribution in [2.45, 2.75) is 24.9 Å². The van der Waals surface area contributed by atoms with Gasteiger partial charge in [-0.15, -0.1) is 0 Å². The molecule has 1 saturated heterocycles. The molecule has 0 saturated carbocycles. The molecule has 1 fully saturated rings. The Kier molecular flexibility index (Phi) is 6.29. The minimum absolute atomic E-state index is 0.0370. The zero-order valence-corrected chi connectivity index (χ0v) is 15.8. The Hall–Kier alpha value is -1.89. The fourth-order valence-corrected chi connectivity index (χ4v) is 3.73. The molecule has 1 aromatic carbocycles. The van der Waals surface area contributed by atoms with Crippen LogP contribution in [0.15, 0.2) is 43.0 Å². The molecule has 2 heterocycles. The van der Waals surface area contributed by atoms with Crippen molar-refractivity contribution in [1.82, 2.24) is 19.8 Å². The van der Waals surface area contributed by atoms with E-state index in [9.17, 15) is 4.79 Å². The van der Waals surface area contributed by atoms with Crippen molar-refractivity contribution < 1.29 is 9.53 Å². The number of hydrogen-bond donors (Lipinski definition) is 1. The minimum Gasteiger partial charge on any atom is -0.383 e. The maximum atomic E-state index is 13.0. The maximum Gasteiger partial charge on any atom is 0.246 e. The number of nitrogens with one attached hydrogen (secondary N) is 1. The summed E-state index contributed by atoms with van der Waals surface area (Å²) < 4.78 is 6.99. The molecule has 2 aromatic rings. The van der Waals surface area contributed by atoms with E-state index in [-0.39, 0.29) is 5.91 Å². The molecule has 3 rings (SSSR count). The van der Waals surface area contributed by atoms with Crippen LogP contribution in [0, 0.1) is 0 Å². The summed E-state index contributed by atoms with van der Waals surface area (Å²) in [5.41, 5.74) is 0.604. The number of ether oxygens (including phenoxy) is 1. The summed E-state index contributed by atoms with van der Waals surface area (Å²) in [6.07, 6.45) is 6.82. The van der Waals surface area contributed by atoms with Gasteiger partial charge in [0.05, 0.1) is 12.9 Å². The first-order chi connectivity index (χ1) is 12.6. The summed E-state index contributed by atoms with van der Waals surface area (Å²) in [6, 6.07) is 7.94. The van der Waals surface area contributed by atoms with Crippen molar-refractivity contribution in [3.05, 3.63) is 53.6 Å². The minimum atomic E-state index is -0.588. The largest absolute Gasteiger partial charge is 0.383 e. The maximum absolute atomic E-state index is 13.0. The zero-order valence-electron chi connectivity index (χ0n) is 15.0. The van der Waals surface area contributed by atoms with Crippen LogP contribution in [0.4, 0.5) is 0 Å². The second-order valence-electron chi connectivity index (χ2n) is 6.66. The number of carbonyl (C=O) groups excluding carboxylic acids is 1. The molecule has 1 N–H and O–H groups in total. The Morgan fingerprint density at radius 1 is 1.38 bits per heavy atom. The lowest BCUT2D eigenvalue weighted by Crippen LogP contribution is -2.55. The van der Waals surface area contributed by atoms with Gasteiger partial charge in [0.2, 0.25) is 5.91 Å². The number of methoxy groups -OCH3 is 1. The van der Waals surface area contributed by atoms with Crippen LogP contribution in [0.3, 0.4) is 0 Å². The highest BCUT2D eigenvalue weighted by molar-refractivity contribution is 6.30. The predicted octanol–water partition coefficient (Wildman–Crippen LogP) is 2.29. The first-order valence-electron chi connectivity index (χ1n) is 8.86. The van der Waals surface area contributed by atoms with Crippen molar-refractivity contribution in [2.75, 3.05) is 33.4 Å². The third kappa shape index (κ3) is 4.26. The molecule has 0 aliphatic carbocycles. The van der Waals surface area contributed by atoms with E-state index < -0.39 is 5.54 Å². The molecule has 1 amide bonds. The van der Waals surface area contributed by atoms with Gasteiger partial charge in [0.15, 0.2) is 0 Å². The molecule has 1 aliphatic rings. The Morgan fingerprint density at radius 3 is 2.85 bits per heavy atom. The lowest BCUT2D eigenvalue weighted by atomic mass is 9.85. The molecule has 6 nitrogen and oxygen atoms in total. The summed E-state index contributed by atoms with van der Waals surface area (Å²) in [5.74, 6) is 0.0370. The molecule has 0 atom stereocenters. The van der Waals surface area contributed by atoms with Gasteiger partial charge in [0.1, 0.15) is 5.54 Å². The highest BCUT2D eigenvalue weighted by atomic mass is 35.5. The van der Waals surface area contributed by atoms with Crippen LogP contribution < -0.4 is 5.32 Å². The van der Waals surface area contributed by atoms with Gasteiger partial charge in [0, 0.05) is 50.7 Å². The van der Waals surface area contributed by atoms with Gasteiger partial charge < -0.3 is 14.6 Å². The number of aromatic nitrogens is 2. The molecular formula is C19H25ClN4O2. The van der Waals surface area contributed by atoms with Crippen molar-refractivity contribution in [2.24, 2.45) is 0 Å². The number of hydrogen-bond acceptors (Lipinski definition) is 4. The van der Waals surface area contributed by atoms with E-state index in [1.165, 1.54) is 5.56 Å². The van der Waals surface area contributed by atoms with Crippen molar-refractivity contribution in [3.8, 4) is 0 Å². The number of halogens is 1. The highest BCUT2D eigenvalue weighted by Gasteiger charge is 2.42.